The molecular formula is C13H18N2O. The van der Waals surface area contributed by atoms with Crippen LogP contribution in [0, 0.1) is 0 Å². The van der Waals surface area contributed by atoms with Crippen LogP contribution < -0.4 is 5.32 Å². The molecule has 0 saturated carbocycles. The lowest BCUT2D eigenvalue weighted by Gasteiger charge is -2.34. The van der Waals surface area contributed by atoms with Crippen LogP contribution in [0.15, 0.2) is 24.3 Å². The number of benzene rings is 1. The molecule has 1 amide bonds. The van der Waals surface area contributed by atoms with Crippen LogP contribution in [0.3, 0.4) is 0 Å². The number of likely N-dealkylation sites (N-methyl/N-ethyl adjacent to an activating group) is 1. The van der Waals surface area contributed by atoms with Gasteiger partial charge in [0.15, 0.2) is 0 Å². The number of amides is 1. The molecule has 0 aromatic heterocycles. The summed E-state index contributed by atoms with van der Waals surface area (Å²) < 4.78 is 0. The van der Waals surface area contributed by atoms with Gasteiger partial charge in [-0.1, -0.05) is 24.3 Å². The third kappa shape index (κ3) is 2.09. The molecule has 1 unspecified atom stereocenters. The van der Waals surface area contributed by atoms with E-state index in [-0.39, 0.29) is 11.9 Å². The zero-order valence-electron chi connectivity index (χ0n) is 9.86. The molecule has 0 fully saturated rings. The Kier molecular flexibility index (Phi) is 3.25. The molecule has 3 heteroatoms. The second-order valence-corrected chi connectivity index (χ2v) is 4.32. The zero-order valence-corrected chi connectivity index (χ0v) is 9.86. The van der Waals surface area contributed by atoms with E-state index in [1.165, 1.54) is 11.1 Å². The number of carbonyl (C=O) groups is 1. The van der Waals surface area contributed by atoms with Crippen molar-refractivity contribution in [3.63, 3.8) is 0 Å². The first-order valence-electron chi connectivity index (χ1n) is 5.71. The molecular weight excluding hydrogens is 200 g/mol. The van der Waals surface area contributed by atoms with Gasteiger partial charge in [0.25, 0.3) is 0 Å². The highest BCUT2D eigenvalue weighted by molar-refractivity contribution is 5.76. The quantitative estimate of drug-likeness (QED) is 0.812. The Morgan fingerprint density at radius 3 is 3.00 bits per heavy atom. The van der Waals surface area contributed by atoms with Gasteiger partial charge in [-0.25, -0.2) is 0 Å². The lowest BCUT2D eigenvalue weighted by Crippen LogP contribution is -2.35. The number of nitrogens with one attached hydrogen (secondary N) is 1. The summed E-state index contributed by atoms with van der Waals surface area (Å²) in [5.41, 5.74) is 2.69. The van der Waals surface area contributed by atoms with Gasteiger partial charge in [-0.2, -0.15) is 0 Å². The maximum absolute atomic E-state index is 11.5. The molecule has 1 aliphatic heterocycles. The summed E-state index contributed by atoms with van der Waals surface area (Å²) in [4.78, 5) is 13.8. The Morgan fingerprint density at radius 2 is 2.25 bits per heavy atom. The number of carbonyl (C=O) groups excluding carboxylic acids is 1. The van der Waals surface area contributed by atoms with E-state index in [0.29, 0.717) is 6.42 Å². The molecule has 86 valence electrons. The molecule has 0 saturated heterocycles. The highest BCUT2D eigenvalue weighted by Crippen LogP contribution is 2.30. The Labute approximate surface area is 96.5 Å². The lowest BCUT2D eigenvalue weighted by atomic mass is 9.91. The second kappa shape index (κ2) is 4.66. The fourth-order valence-corrected chi connectivity index (χ4v) is 2.32. The largest absolute Gasteiger partial charge is 0.359 e. The second-order valence-electron chi connectivity index (χ2n) is 4.32. The monoisotopic (exact) mass is 218 g/mol. The molecule has 0 aliphatic carbocycles. The summed E-state index contributed by atoms with van der Waals surface area (Å²) in [7, 11) is 3.78. The van der Waals surface area contributed by atoms with E-state index in [0.717, 1.165) is 13.0 Å². The van der Waals surface area contributed by atoms with Crippen molar-refractivity contribution in [1.82, 2.24) is 10.2 Å². The topological polar surface area (TPSA) is 32.3 Å². The Hall–Kier alpha value is -1.35. The van der Waals surface area contributed by atoms with Crippen LogP contribution in [0.5, 0.6) is 0 Å². The minimum atomic E-state index is 0.105. The molecule has 1 aliphatic rings. The first-order chi connectivity index (χ1) is 7.72. The van der Waals surface area contributed by atoms with Gasteiger partial charge >= 0.3 is 0 Å². The highest BCUT2D eigenvalue weighted by Gasteiger charge is 2.25. The summed E-state index contributed by atoms with van der Waals surface area (Å²) in [5, 5.41) is 2.70. The van der Waals surface area contributed by atoms with Crippen molar-refractivity contribution in [1.29, 1.82) is 0 Å². The zero-order chi connectivity index (χ0) is 11.5. The van der Waals surface area contributed by atoms with Crippen LogP contribution in [-0.4, -0.2) is 31.4 Å². The van der Waals surface area contributed by atoms with Gasteiger partial charge in [-0.05, 0) is 24.6 Å². The molecule has 1 aromatic carbocycles. The fourth-order valence-electron chi connectivity index (χ4n) is 2.32. The Balaban J connectivity index is 2.26. The van der Waals surface area contributed by atoms with Crippen molar-refractivity contribution in [2.45, 2.75) is 18.9 Å². The molecule has 3 nitrogen and oxygen atoms in total. The summed E-state index contributed by atoms with van der Waals surface area (Å²) >= 11 is 0. The first-order valence-corrected chi connectivity index (χ1v) is 5.71. The molecule has 1 aromatic rings. The van der Waals surface area contributed by atoms with E-state index < -0.39 is 0 Å². The van der Waals surface area contributed by atoms with Crippen LogP contribution in [0.25, 0.3) is 0 Å². The number of fused-ring (bicyclic) bond motifs is 1. The van der Waals surface area contributed by atoms with Gasteiger partial charge in [0.05, 0.1) is 0 Å². The molecule has 0 bridgehead atoms. The summed E-state index contributed by atoms with van der Waals surface area (Å²) in [6, 6.07) is 8.65. The Bertz CT molecular complexity index is 389. The van der Waals surface area contributed by atoms with Gasteiger partial charge in [-0.3, -0.25) is 9.69 Å². The normalized spacial score (nSPS) is 20.2. The average Bonchev–Trinajstić information content (AvgIpc) is 2.32. The number of hydrogen-bond acceptors (Lipinski definition) is 2. The maximum atomic E-state index is 11.5. The summed E-state index contributed by atoms with van der Waals surface area (Å²) in [6.45, 7) is 1.03. The van der Waals surface area contributed by atoms with Crippen molar-refractivity contribution in [2.24, 2.45) is 0 Å². The van der Waals surface area contributed by atoms with E-state index in [9.17, 15) is 4.79 Å². The molecule has 0 spiro atoms. The predicted molar refractivity (Wildman–Crippen MR) is 64.2 cm³/mol. The Morgan fingerprint density at radius 1 is 1.50 bits per heavy atom. The van der Waals surface area contributed by atoms with E-state index in [1.807, 2.05) is 0 Å². The average molecular weight is 218 g/mol. The van der Waals surface area contributed by atoms with Crippen molar-refractivity contribution in [3.05, 3.63) is 35.4 Å². The third-order valence-electron chi connectivity index (χ3n) is 3.34. The van der Waals surface area contributed by atoms with E-state index in [4.69, 9.17) is 0 Å². The first kappa shape index (κ1) is 11.1. The van der Waals surface area contributed by atoms with Crippen molar-refractivity contribution in [2.75, 3.05) is 20.6 Å². The summed E-state index contributed by atoms with van der Waals surface area (Å²) in [6.07, 6.45) is 1.63. The summed E-state index contributed by atoms with van der Waals surface area (Å²) in [5.74, 6) is 0.105. The van der Waals surface area contributed by atoms with Gasteiger partial charge < -0.3 is 5.32 Å². The molecule has 16 heavy (non-hydrogen) atoms. The van der Waals surface area contributed by atoms with Crippen LogP contribution in [0.2, 0.25) is 0 Å². The minimum absolute atomic E-state index is 0.105. The SMILES string of the molecule is CNC(=O)CC1c2ccccc2CCN1C. The van der Waals surface area contributed by atoms with Crippen LogP contribution in [-0.2, 0) is 11.2 Å². The third-order valence-corrected chi connectivity index (χ3v) is 3.34. The molecule has 0 radical (unpaired) electrons. The highest BCUT2D eigenvalue weighted by atomic mass is 16.1. The van der Waals surface area contributed by atoms with Gasteiger partial charge in [0.1, 0.15) is 0 Å². The van der Waals surface area contributed by atoms with E-state index in [1.54, 1.807) is 7.05 Å². The van der Waals surface area contributed by atoms with Crippen LogP contribution in [0.4, 0.5) is 0 Å². The molecule has 2 rings (SSSR count). The van der Waals surface area contributed by atoms with Gasteiger partial charge in [-0.15, -0.1) is 0 Å². The smallest absolute Gasteiger partial charge is 0.221 e. The molecule has 1 heterocycles. The number of nitrogens with zero attached hydrogens (tertiary/aromatic N) is 1. The van der Waals surface area contributed by atoms with Gasteiger partial charge in [0, 0.05) is 26.1 Å². The number of rotatable bonds is 2. The van der Waals surface area contributed by atoms with Crippen molar-refractivity contribution < 1.29 is 4.79 Å². The number of hydrogen-bond donors (Lipinski definition) is 1. The van der Waals surface area contributed by atoms with Crippen molar-refractivity contribution >= 4 is 5.91 Å². The predicted octanol–water partition coefficient (Wildman–Crippen LogP) is 1.35. The van der Waals surface area contributed by atoms with Crippen molar-refractivity contribution in [3.8, 4) is 0 Å². The van der Waals surface area contributed by atoms with Crippen LogP contribution in [0.1, 0.15) is 23.6 Å². The lowest BCUT2D eigenvalue weighted by molar-refractivity contribution is -0.121. The van der Waals surface area contributed by atoms with E-state index >= 15 is 0 Å². The molecule has 1 N–H and O–H groups in total. The minimum Gasteiger partial charge on any atom is -0.359 e. The fraction of sp³-hybridized carbons (Fsp3) is 0.462. The standard InChI is InChI=1S/C13H18N2O/c1-14-13(16)9-12-11-6-4-3-5-10(11)7-8-15(12)2/h3-6,12H,7-9H2,1-2H3,(H,14,16). The molecule has 1 atom stereocenters. The van der Waals surface area contributed by atoms with Gasteiger partial charge in [0.2, 0.25) is 5.91 Å². The van der Waals surface area contributed by atoms with E-state index in [2.05, 4.69) is 41.5 Å². The maximum Gasteiger partial charge on any atom is 0.221 e. The van der Waals surface area contributed by atoms with Crippen LogP contribution >= 0.6 is 0 Å².